The SMILES string of the molecule is [Na+].[O-]c1nccc(Cl)c1Cl. The summed E-state index contributed by atoms with van der Waals surface area (Å²) in [5.74, 6) is -0.482. The molecule has 0 spiro atoms. The van der Waals surface area contributed by atoms with Crippen LogP contribution in [0.1, 0.15) is 0 Å². The van der Waals surface area contributed by atoms with Crippen LogP contribution in [-0.4, -0.2) is 4.98 Å². The normalized spacial score (nSPS) is 8.60. The minimum atomic E-state index is -0.482. The van der Waals surface area contributed by atoms with E-state index >= 15 is 0 Å². The van der Waals surface area contributed by atoms with Crippen LogP contribution in [0.2, 0.25) is 10.0 Å². The molecule has 2 nitrogen and oxygen atoms in total. The molecule has 0 radical (unpaired) electrons. The summed E-state index contributed by atoms with van der Waals surface area (Å²) in [5.41, 5.74) is 0. The molecule has 0 amide bonds. The van der Waals surface area contributed by atoms with E-state index in [0.29, 0.717) is 0 Å². The van der Waals surface area contributed by atoms with E-state index in [-0.39, 0.29) is 39.6 Å². The first-order valence-corrected chi connectivity index (χ1v) is 2.94. The fourth-order valence-corrected chi connectivity index (χ4v) is 0.651. The predicted molar refractivity (Wildman–Crippen MR) is 33.7 cm³/mol. The Morgan fingerprint density at radius 1 is 1.40 bits per heavy atom. The molecule has 0 unspecified atom stereocenters. The standard InChI is InChI=1S/C5H3Cl2NO.Na/c6-3-1-2-8-5(9)4(3)7;/h1-2H,(H,8,9);/q;+1/p-1. The molecule has 0 aromatic carbocycles. The molecule has 0 aliphatic rings. The van der Waals surface area contributed by atoms with Crippen LogP contribution in [0, 0.1) is 0 Å². The molecule has 48 valence electrons. The van der Waals surface area contributed by atoms with Crippen molar-refractivity contribution in [2.24, 2.45) is 0 Å². The zero-order valence-corrected chi connectivity index (χ0v) is 8.78. The fourth-order valence-electron chi connectivity index (χ4n) is 0.402. The van der Waals surface area contributed by atoms with Crippen molar-refractivity contribution in [3.05, 3.63) is 22.3 Å². The Morgan fingerprint density at radius 3 is 2.40 bits per heavy atom. The zero-order chi connectivity index (χ0) is 6.85. The summed E-state index contributed by atoms with van der Waals surface area (Å²) in [6, 6.07) is 1.46. The monoisotopic (exact) mass is 185 g/mol. The zero-order valence-electron chi connectivity index (χ0n) is 5.27. The third kappa shape index (κ3) is 2.29. The Balaban J connectivity index is 0.000000810. The maximum Gasteiger partial charge on any atom is 1.00 e. The van der Waals surface area contributed by atoms with E-state index in [0.717, 1.165) is 0 Å². The third-order valence-corrected chi connectivity index (χ3v) is 1.59. The molecule has 5 heteroatoms. The third-order valence-electron chi connectivity index (χ3n) is 0.810. The summed E-state index contributed by atoms with van der Waals surface area (Å²) in [6.45, 7) is 0. The predicted octanol–water partition coefficient (Wildman–Crippen LogP) is -1.53. The molecule has 0 aliphatic heterocycles. The molecular formula is C5H2Cl2NNaO. The first-order chi connectivity index (χ1) is 4.22. The van der Waals surface area contributed by atoms with Gasteiger partial charge in [0.2, 0.25) is 0 Å². The van der Waals surface area contributed by atoms with Gasteiger partial charge in [0.25, 0.3) is 0 Å². The van der Waals surface area contributed by atoms with Crippen LogP contribution in [-0.2, 0) is 0 Å². The average molecular weight is 186 g/mol. The van der Waals surface area contributed by atoms with Crippen LogP contribution in [0.25, 0.3) is 0 Å². The van der Waals surface area contributed by atoms with Gasteiger partial charge in [0, 0.05) is 12.1 Å². The van der Waals surface area contributed by atoms with Gasteiger partial charge in [-0.05, 0) is 6.07 Å². The summed E-state index contributed by atoms with van der Waals surface area (Å²) in [4.78, 5) is 3.37. The van der Waals surface area contributed by atoms with Crippen LogP contribution >= 0.6 is 23.2 Å². The van der Waals surface area contributed by atoms with E-state index in [1.807, 2.05) is 0 Å². The second-order valence-corrected chi connectivity index (χ2v) is 2.20. The van der Waals surface area contributed by atoms with Crippen molar-refractivity contribution in [3.63, 3.8) is 0 Å². The molecule has 1 rings (SSSR count). The summed E-state index contributed by atoms with van der Waals surface area (Å²) in [7, 11) is 0. The molecule has 0 N–H and O–H groups in total. The van der Waals surface area contributed by atoms with E-state index in [9.17, 15) is 5.11 Å². The number of hydrogen-bond acceptors (Lipinski definition) is 2. The molecule has 1 aromatic rings. The number of halogens is 2. The number of hydrogen-bond donors (Lipinski definition) is 0. The molecule has 0 saturated carbocycles. The minimum absolute atomic E-state index is 0. The summed E-state index contributed by atoms with van der Waals surface area (Å²) < 4.78 is 0. The topological polar surface area (TPSA) is 36.0 Å². The van der Waals surface area contributed by atoms with Gasteiger partial charge in [-0.3, -0.25) is 4.98 Å². The van der Waals surface area contributed by atoms with Gasteiger partial charge >= 0.3 is 29.6 Å². The molecule has 0 fully saturated rings. The second-order valence-electron chi connectivity index (χ2n) is 1.41. The van der Waals surface area contributed by atoms with Crippen LogP contribution in [0.5, 0.6) is 5.88 Å². The van der Waals surface area contributed by atoms with Crippen molar-refractivity contribution in [1.29, 1.82) is 0 Å². The Kier molecular flexibility index (Phi) is 4.65. The Hall–Kier alpha value is 0.530. The van der Waals surface area contributed by atoms with Gasteiger partial charge < -0.3 is 5.11 Å². The number of nitrogens with zero attached hydrogens (tertiary/aromatic N) is 1. The van der Waals surface area contributed by atoms with E-state index in [1.54, 1.807) is 0 Å². The van der Waals surface area contributed by atoms with Gasteiger partial charge in [-0.15, -0.1) is 0 Å². The maximum absolute atomic E-state index is 10.5. The van der Waals surface area contributed by atoms with Gasteiger partial charge in [0.1, 0.15) is 0 Å². The number of rotatable bonds is 0. The molecule has 0 bridgehead atoms. The second kappa shape index (κ2) is 4.42. The Labute approximate surface area is 90.5 Å². The number of aromatic nitrogens is 1. The smallest absolute Gasteiger partial charge is 0.858 e. The first-order valence-electron chi connectivity index (χ1n) is 2.19. The molecule has 0 saturated heterocycles. The maximum atomic E-state index is 10.5. The largest absolute Gasteiger partial charge is 1.00 e. The Bertz CT molecular complexity index is 211. The molecule has 0 aliphatic carbocycles. The van der Waals surface area contributed by atoms with E-state index < -0.39 is 5.88 Å². The van der Waals surface area contributed by atoms with Crippen molar-refractivity contribution in [3.8, 4) is 5.88 Å². The molecule has 1 heterocycles. The van der Waals surface area contributed by atoms with Gasteiger partial charge in [-0.1, -0.05) is 23.2 Å². The van der Waals surface area contributed by atoms with Crippen molar-refractivity contribution < 1.29 is 34.7 Å². The molecule has 0 atom stereocenters. The average Bonchev–Trinajstić information content (AvgIpc) is 1.83. The first kappa shape index (κ1) is 10.5. The van der Waals surface area contributed by atoms with E-state index in [1.165, 1.54) is 12.3 Å². The van der Waals surface area contributed by atoms with Crippen molar-refractivity contribution in [2.75, 3.05) is 0 Å². The van der Waals surface area contributed by atoms with E-state index in [4.69, 9.17) is 23.2 Å². The van der Waals surface area contributed by atoms with Crippen LogP contribution in [0.3, 0.4) is 0 Å². The van der Waals surface area contributed by atoms with Gasteiger partial charge in [0.05, 0.1) is 10.0 Å². The minimum Gasteiger partial charge on any atom is -0.858 e. The van der Waals surface area contributed by atoms with Gasteiger partial charge in [-0.25, -0.2) is 0 Å². The quantitative estimate of drug-likeness (QED) is 0.460. The number of pyridine rings is 1. The summed E-state index contributed by atoms with van der Waals surface area (Å²) >= 11 is 10.8. The van der Waals surface area contributed by atoms with Crippen molar-refractivity contribution >= 4 is 23.2 Å². The molecule has 1 aromatic heterocycles. The van der Waals surface area contributed by atoms with Crippen LogP contribution < -0.4 is 34.7 Å². The summed E-state index contributed by atoms with van der Waals surface area (Å²) in [5, 5.41) is 10.7. The fraction of sp³-hybridized carbons (Fsp3) is 0. The molecule has 10 heavy (non-hydrogen) atoms. The van der Waals surface area contributed by atoms with Crippen molar-refractivity contribution in [1.82, 2.24) is 4.98 Å². The van der Waals surface area contributed by atoms with E-state index in [2.05, 4.69) is 4.98 Å². The van der Waals surface area contributed by atoms with Crippen molar-refractivity contribution in [2.45, 2.75) is 0 Å². The van der Waals surface area contributed by atoms with Crippen LogP contribution in [0.4, 0.5) is 0 Å². The van der Waals surface area contributed by atoms with Gasteiger partial charge in [0.15, 0.2) is 0 Å². The van der Waals surface area contributed by atoms with Crippen LogP contribution in [0.15, 0.2) is 12.3 Å². The Morgan fingerprint density at radius 2 is 2.00 bits per heavy atom. The molecular weight excluding hydrogens is 184 g/mol. The van der Waals surface area contributed by atoms with Gasteiger partial charge in [-0.2, -0.15) is 0 Å². The summed E-state index contributed by atoms with van der Waals surface area (Å²) in [6.07, 6.45) is 1.32.